The van der Waals surface area contributed by atoms with Gasteiger partial charge in [-0.25, -0.2) is 4.79 Å². The van der Waals surface area contributed by atoms with E-state index in [-0.39, 0.29) is 16.1 Å². The van der Waals surface area contributed by atoms with Crippen molar-refractivity contribution in [1.82, 2.24) is 9.55 Å². The summed E-state index contributed by atoms with van der Waals surface area (Å²) in [6.07, 6.45) is 1.39. The zero-order valence-electron chi connectivity index (χ0n) is 12.3. The van der Waals surface area contributed by atoms with Crippen molar-refractivity contribution in [1.29, 1.82) is 0 Å². The predicted molar refractivity (Wildman–Crippen MR) is 78.9 cm³/mol. The molecule has 0 atom stereocenters. The third-order valence-corrected chi connectivity index (χ3v) is 4.18. The lowest BCUT2D eigenvalue weighted by molar-refractivity contribution is 0.203. The van der Waals surface area contributed by atoms with Crippen LogP contribution < -0.4 is 11.2 Å². The highest BCUT2D eigenvalue weighted by Gasteiger charge is 2.25. The van der Waals surface area contributed by atoms with Crippen LogP contribution >= 0.6 is 11.6 Å². The van der Waals surface area contributed by atoms with Crippen LogP contribution in [0.2, 0.25) is 5.15 Å². The largest absolute Gasteiger partial charge is 0.329 e. The predicted octanol–water partition coefficient (Wildman–Crippen LogP) is 2.82. The molecule has 0 unspecified atom stereocenters. The summed E-state index contributed by atoms with van der Waals surface area (Å²) in [5.74, 6) is 0.365. The lowest BCUT2D eigenvalue weighted by Crippen LogP contribution is -2.42. The van der Waals surface area contributed by atoms with Crippen molar-refractivity contribution in [3.05, 3.63) is 31.6 Å². The van der Waals surface area contributed by atoms with Gasteiger partial charge in [0.05, 0.1) is 5.56 Å². The van der Waals surface area contributed by atoms with E-state index in [1.54, 1.807) is 0 Å². The fourth-order valence-corrected chi connectivity index (χ4v) is 2.04. The van der Waals surface area contributed by atoms with Crippen molar-refractivity contribution in [2.45, 2.75) is 54.0 Å². The molecule has 0 saturated heterocycles. The number of halogens is 1. The Hall–Kier alpha value is -1.03. The van der Waals surface area contributed by atoms with Crippen LogP contribution in [0.15, 0.2) is 9.59 Å². The maximum absolute atomic E-state index is 12.4. The Balaban J connectivity index is 3.33. The molecule has 1 aromatic heterocycles. The molecule has 0 aliphatic heterocycles. The highest BCUT2D eigenvalue weighted by Crippen LogP contribution is 2.27. The fraction of sp³-hybridized carbons (Fsp3) is 0.714. The smallest absolute Gasteiger partial charge is 0.297 e. The third kappa shape index (κ3) is 3.50. The average molecular weight is 287 g/mol. The Labute approximate surface area is 118 Å². The summed E-state index contributed by atoms with van der Waals surface area (Å²) in [6.45, 7) is 10.6. The first-order chi connectivity index (χ1) is 8.70. The van der Waals surface area contributed by atoms with Crippen molar-refractivity contribution in [3.8, 4) is 0 Å². The highest BCUT2D eigenvalue weighted by molar-refractivity contribution is 6.30. The summed E-state index contributed by atoms with van der Waals surface area (Å²) >= 11 is 5.95. The number of H-pyrrole nitrogens is 1. The van der Waals surface area contributed by atoms with Crippen LogP contribution in [0.5, 0.6) is 0 Å². The molecule has 0 radical (unpaired) electrons. The summed E-state index contributed by atoms with van der Waals surface area (Å²) in [5, 5.41) is 0.176. The summed E-state index contributed by atoms with van der Waals surface area (Å²) in [5.41, 5.74) is -0.315. The molecule has 4 nitrogen and oxygen atoms in total. The zero-order valence-corrected chi connectivity index (χ0v) is 13.1. The van der Waals surface area contributed by atoms with Gasteiger partial charge >= 0.3 is 5.69 Å². The molecule has 0 saturated carbocycles. The summed E-state index contributed by atoms with van der Waals surface area (Å²) in [4.78, 5) is 26.9. The standard InChI is InChI=1S/C14H23ClN2O2/c1-6-7-10-11(15)16-13(19)17(12(10)18)8-14(4,5)9(2)3/h9H,6-8H2,1-5H3,(H,16,19). The van der Waals surface area contributed by atoms with E-state index >= 15 is 0 Å². The fourth-order valence-electron chi connectivity index (χ4n) is 1.79. The molecule has 0 spiro atoms. The highest BCUT2D eigenvalue weighted by atomic mass is 35.5. The number of nitrogens with one attached hydrogen (secondary N) is 1. The van der Waals surface area contributed by atoms with Gasteiger partial charge in [-0.15, -0.1) is 0 Å². The van der Waals surface area contributed by atoms with Gasteiger partial charge in [-0.05, 0) is 17.8 Å². The van der Waals surface area contributed by atoms with E-state index in [4.69, 9.17) is 11.6 Å². The summed E-state index contributed by atoms with van der Waals surface area (Å²) in [6, 6.07) is 0. The van der Waals surface area contributed by atoms with Crippen molar-refractivity contribution in [2.24, 2.45) is 11.3 Å². The number of aromatic amines is 1. The van der Waals surface area contributed by atoms with Gasteiger partial charge < -0.3 is 0 Å². The van der Waals surface area contributed by atoms with Gasteiger partial charge in [-0.2, -0.15) is 0 Å². The van der Waals surface area contributed by atoms with E-state index in [0.29, 0.717) is 24.4 Å². The topological polar surface area (TPSA) is 54.9 Å². The number of hydrogen-bond donors (Lipinski definition) is 1. The molecule has 0 fully saturated rings. The minimum Gasteiger partial charge on any atom is -0.297 e. The second-order valence-corrected chi connectivity index (χ2v) is 6.39. The Morgan fingerprint density at radius 3 is 2.37 bits per heavy atom. The van der Waals surface area contributed by atoms with Gasteiger partial charge in [0.1, 0.15) is 5.15 Å². The van der Waals surface area contributed by atoms with Crippen LogP contribution in [0.1, 0.15) is 46.6 Å². The van der Waals surface area contributed by atoms with Crippen LogP contribution in [0, 0.1) is 11.3 Å². The van der Waals surface area contributed by atoms with Gasteiger partial charge in [0.25, 0.3) is 5.56 Å². The van der Waals surface area contributed by atoms with Crippen LogP contribution in [0.3, 0.4) is 0 Å². The first-order valence-electron chi connectivity index (χ1n) is 6.72. The lowest BCUT2D eigenvalue weighted by Gasteiger charge is -2.29. The number of hydrogen-bond acceptors (Lipinski definition) is 2. The van der Waals surface area contributed by atoms with Crippen LogP contribution in [0.4, 0.5) is 0 Å². The van der Waals surface area contributed by atoms with Crippen molar-refractivity contribution in [2.75, 3.05) is 0 Å². The minimum atomic E-state index is -0.427. The lowest BCUT2D eigenvalue weighted by atomic mass is 9.81. The van der Waals surface area contributed by atoms with E-state index in [9.17, 15) is 9.59 Å². The van der Waals surface area contributed by atoms with Crippen LogP contribution in [0.25, 0.3) is 0 Å². The van der Waals surface area contributed by atoms with Gasteiger partial charge in [0, 0.05) is 6.54 Å². The molecule has 0 aliphatic rings. The number of rotatable bonds is 5. The zero-order chi connectivity index (χ0) is 14.8. The first kappa shape index (κ1) is 16.0. The Bertz CT molecular complexity index is 556. The van der Waals surface area contributed by atoms with Gasteiger partial charge in [-0.1, -0.05) is 52.6 Å². The molecule has 1 N–H and O–H groups in total. The normalized spacial score (nSPS) is 12.2. The second kappa shape index (κ2) is 5.95. The molecule has 19 heavy (non-hydrogen) atoms. The quantitative estimate of drug-likeness (QED) is 0.846. The van der Waals surface area contributed by atoms with Gasteiger partial charge in [0.15, 0.2) is 0 Å². The van der Waals surface area contributed by atoms with E-state index in [1.165, 1.54) is 4.57 Å². The van der Waals surface area contributed by atoms with E-state index in [0.717, 1.165) is 6.42 Å². The second-order valence-electron chi connectivity index (χ2n) is 6.01. The SMILES string of the molecule is CCCc1c(Cl)[nH]c(=O)n(CC(C)(C)C(C)C)c1=O. The van der Waals surface area contributed by atoms with Crippen molar-refractivity contribution >= 4 is 11.6 Å². The number of nitrogens with zero attached hydrogens (tertiary/aromatic N) is 1. The van der Waals surface area contributed by atoms with Crippen LogP contribution in [-0.4, -0.2) is 9.55 Å². The van der Waals surface area contributed by atoms with Crippen molar-refractivity contribution < 1.29 is 0 Å². The first-order valence-corrected chi connectivity index (χ1v) is 7.10. The van der Waals surface area contributed by atoms with Crippen LogP contribution in [-0.2, 0) is 13.0 Å². The third-order valence-electron chi connectivity index (χ3n) is 3.86. The summed E-state index contributed by atoms with van der Waals surface area (Å²) < 4.78 is 1.27. The molecule has 1 rings (SSSR count). The summed E-state index contributed by atoms with van der Waals surface area (Å²) in [7, 11) is 0. The number of aromatic nitrogens is 2. The van der Waals surface area contributed by atoms with Gasteiger partial charge in [0.2, 0.25) is 0 Å². The maximum atomic E-state index is 12.4. The van der Waals surface area contributed by atoms with Gasteiger partial charge in [-0.3, -0.25) is 14.3 Å². The molecule has 1 heterocycles. The Kier molecular flexibility index (Phi) is 5.02. The maximum Gasteiger partial charge on any atom is 0.329 e. The van der Waals surface area contributed by atoms with Crippen molar-refractivity contribution in [3.63, 3.8) is 0 Å². The molecule has 0 aromatic carbocycles. The van der Waals surface area contributed by atoms with E-state index in [2.05, 4.69) is 32.7 Å². The molecule has 0 amide bonds. The molecule has 1 aromatic rings. The Morgan fingerprint density at radius 2 is 1.89 bits per heavy atom. The molecule has 0 aliphatic carbocycles. The molecule has 5 heteroatoms. The monoisotopic (exact) mass is 286 g/mol. The molecule has 108 valence electrons. The molecular formula is C14H23ClN2O2. The Morgan fingerprint density at radius 1 is 1.32 bits per heavy atom. The van der Waals surface area contributed by atoms with E-state index < -0.39 is 5.69 Å². The minimum absolute atomic E-state index is 0.131. The average Bonchev–Trinajstić information content (AvgIpc) is 2.30. The molecule has 0 bridgehead atoms. The molecular weight excluding hydrogens is 264 g/mol. The van der Waals surface area contributed by atoms with E-state index in [1.807, 2.05) is 6.92 Å².